The normalized spacial score (nSPS) is 10.5. The van der Waals surface area contributed by atoms with E-state index in [-0.39, 0.29) is 17.2 Å². The lowest BCUT2D eigenvalue weighted by Crippen LogP contribution is -2.23. The van der Waals surface area contributed by atoms with Crippen molar-refractivity contribution in [2.24, 2.45) is 0 Å². The molecule has 0 aliphatic rings. The molecule has 0 fully saturated rings. The topological polar surface area (TPSA) is 67.2 Å². The molecular formula is C17H14ClN3O2. The van der Waals surface area contributed by atoms with Crippen molar-refractivity contribution in [1.82, 2.24) is 14.9 Å². The van der Waals surface area contributed by atoms with Gasteiger partial charge in [0.15, 0.2) is 0 Å². The van der Waals surface area contributed by atoms with Gasteiger partial charge in [-0.3, -0.25) is 4.79 Å². The Morgan fingerprint density at radius 2 is 2.09 bits per heavy atom. The number of nitrogens with one attached hydrogen (secondary N) is 1. The summed E-state index contributed by atoms with van der Waals surface area (Å²) in [5, 5.41) is 13.0. The summed E-state index contributed by atoms with van der Waals surface area (Å²) in [6, 6.07) is 12.1. The number of halogens is 1. The number of hydrogen-bond acceptors (Lipinski definition) is 3. The number of rotatable bonds is 4. The molecule has 0 atom stereocenters. The van der Waals surface area contributed by atoms with Crippen molar-refractivity contribution >= 4 is 17.5 Å². The van der Waals surface area contributed by atoms with E-state index in [9.17, 15) is 9.90 Å². The second-order valence-corrected chi connectivity index (χ2v) is 5.38. The molecule has 0 aliphatic heterocycles. The molecule has 3 aromatic rings. The molecule has 3 rings (SSSR count). The monoisotopic (exact) mass is 327 g/mol. The Hall–Kier alpha value is -2.79. The maximum atomic E-state index is 12.2. The second kappa shape index (κ2) is 6.54. The van der Waals surface area contributed by atoms with Crippen LogP contribution in [0.3, 0.4) is 0 Å². The number of carbonyl (C=O) groups excluding carboxylic acids is 1. The minimum absolute atomic E-state index is 0.102. The van der Waals surface area contributed by atoms with Crippen LogP contribution in [-0.2, 0) is 6.54 Å². The number of phenols is 1. The van der Waals surface area contributed by atoms with E-state index in [0.29, 0.717) is 11.6 Å². The van der Waals surface area contributed by atoms with Gasteiger partial charge in [0.2, 0.25) is 0 Å². The molecular weight excluding hydrogens is 314 g/mol. The van der Waals surface area contributed by atoms with Crippen molar-refractivity contribution in [3.8, 4) is 11.4 Å². The molecule has 0 unspecified atom stereocenters. The predicted molar refractivity (Wildman–Crippen MR) is 87.9 cm³/mol. The Kier molecular flexibility index (Phi) is 4.30. The molecule has 0 saturated heterocycles. The number of hydrogen-bond donors (Lipinski definition) is 2. The fraction of sp³-hybridized carbons (Fsp3) is 0.0588. The number of aromatic hydroxyl groups is 1. The third-order valence-electron chi connectivity index (χ3n) is 3.42. The van der Waals surface area contributed by atoms with Crippen molar-refractivity contribution in [3.63, 3.8) is 0 Å². The highest BCUT2D eigenvalue weighted by Crippen LogP contribution is 2.21. The molecule has 1 heterocycles. The third kappa shape index (κ3) is 3.35. The van der Waals surface area contributed by atoms with E-state index >= 15 is 0 Å². The van der Waals surface area contributed by atoms with Gasteiger partial charge in [0.05, 0.1) is 17.6 Å². The quantitative estimate of drug-likeness (QED) is 0.773. The van der Waals surface area contributed by atoms with Gasteiger partial charge >= 0.3 is 0 Å². The highest BCUT2D eigenvalue weighted by molar-refractivity contribution is 6.31. The zero-order valence-electron chi connectivity index (χ0n) is 12.1. The number of aromatic nitrogens is 2. The van der Waals surface area contributed by atoms with Gasteiger partial charge in [-0.25, -0.2) is 4.98 Å². The van der Waals surface area contributed by atoms with Crippen molar-refractivity contribution in [1.29, 1.82) is 0 Å². The minimum Gasteiger partial charge on any atom is -0.507 e. The first kappa shape index (κ1) is 15.1. The first-order valence-corrected chi connectivity index (χ1v) is 7.36. The SMILES string of the molecule is O=C(NCc1ccccc1-n1ccnc1)c1cc(Cl)ccc1O. The van der Waals surface area contributed by atoms with Crippen LogP contribution in [-0.4, -0.2) is 20.6 Å². The van der Waals surface area contributed by atoms with Gasteiger partial charge in [-0.1, -0.05) is 29.8 Å². The van der Waals surface area contributed by atoms with Crippen LogP contribution in [0.15, 0.2) is 61.2 Å². The van der Waals surface area contributed by atoms with Crippen LogP contribution in [0.4, 0.5) is 0 Å². The Bertz CT molecular complexity index is 832. The highest BCUT2D eigenvalue weighted by atomic mass is 35.5. The molecule has 0 spiro atoms. The van der Waals surface area contributed by atoms with E-state index in [0.717, 1.165) is 11.3 Å². The summed E-state index contributed by atoms with van der Waals surface area (Å²) in [6.45, 7) is 0.319. The first-order chi connectivity index (χ1) is 11.1. The fourth-order valence-corrected chi connectivity index (χ4v) is 2.45. The lowest BCUT2D eigenvalue weighted by Gasteiger charge is -2.12. The van der Waals surface area contributed by atoms with Crippen LogP contribution in [0.5, 0.6) is 5.75 Å². The molecule has 23 heavy (non-hydrogen) atoms. The van der Waals surface area contributed by atoms with Crippen LogP contribution >= 0.6 is 11.6 Å². The Labute approximate surface area is 138 Å². The first-order valence-electron chi connectivity index (χ1n) is 6.98. The smallest absolute Gasteiger partial charge is 0.255 e. The molecule has 6 heteroatoms. The molecule has 5 nitrogen and oxygen atoms in total. The molecule has 2 aromatic carbocycles. The Balaban J connectivity index is 1.79. The van der Waals surface area contributed by atoms with Crippen LogP contribution in [0.1, 0.15) is 15.9 Å². The van der Waals surface area contributed by atoms with E-state index < -0.39 is 0 Å². The van der Waals surface area contributed by atoms with Crippen LogP contribution in [0.25, 0.3) is 5.69 Å². The Morgan fingerprint density at radius 1 is 1.26 bits per heavy atom. The second-order valence-electron chi connectivity index (χ2n) is 4.94. The van der Waals surface area contributed by atoms with E-state index in [1.807, 2.05) is 35.0 Å². The zero-order valence-corrected chi connectivity index (χ0v) is 12.9. The molecule has 0 radical (unpaired) electrons. The number of benzene rings is 2. The summed E-state index contributed by atoms with van der Waals surface area (Å²) in [7, 11) is 0. The van der Waals surface area contributed by atoms with Crippen LogP contribution in [0.2, 0.25) is 5.02 Å². The van der Waals surface area contributed by atoms with Gasteiger partial charge in [0, 0.05) is 24.0 Å². The molecule has 1 aromatic heterocycles. The van der Waals surface area contributed by atoms with Crippen molar-refractivity contribution in [2.75, 3.05) is 0 Å². The number of imidazole rings is 1. The summed E-state index contributed by atoms with van der Waals surface area (Å²) < 4.78 is 1.87. The number of nitrogens with zero attached hydrogens (tertiary/aromatic N) is 2. The van der Waals surface area contributed by atoms with Crippen LogP contribution in [0, 0.1) is 0 Å². The summed E-state index contributed by atoms with van der Waals surface area (Å²) in [5.74, 6) is -0.486. The number of carbonyl (C=O) groups is 1. The number of amides is 1. The van der Waals surface area contributed by atoms with Crippen LogP contribution < -0.4 is 5.32 Å². The van der Waals surface area contributed by atoms with Crippen molar-refractivity contribution < 1.29 is 9.90 Å². The fourth-order valence-electron chi connectivity index (χ4n) is 2.27. The molecule has 116 valence electrons. The van der Waals surface area contributed by atoms with E-state index in [4.69, 9.17) is 11.6 Å². The Morgan fingerprint density at radius 3 is 2.87 bits per heavy atom. The predicted octanol–water partition coefficient (Wildman–Crippen LogP) is 3.16. The summed E-state index contributed by atoms with van der Waals surface area (Å²) in [6.07, 6.45) is 5.23. The standard InChI is InChI=1S/C17H14ClN3O2/c18-13-5-6-16(22)14(9-13)17(23)20-10-12-3-1-2-4-15(12)21-8-7-19-11-21/h1-9,11,22H,10H2,(H,20,23). The summed E-state index contributed by atoms with van der Waals surface area (Å²) in [5.41, 5.74) is 2.01. The van der Waals surface area contributed by atoms with Gasteiger partial charge < -0.3 is 15.0 Å². The maximum Gasteiger partial charge on any atom is 0.255 e. The van der Waals surface area contributed by atoms with E-state index in [2.05, 4.69) is 10.3 Å². The number of phenolic OH excluding ortho intramolecular Hbond substituents is 1. The molecule has 0 saturated carbocycles. The highest BCUT2D eigenvalue weighted by Gasteiger charge is 2.12. The van der Waals surface area contributed by atoms with Gasteiger partial charge in [-0.2, -0.15) is 0 Å². The largest absolute Gasteiger partial charge is 0.507 e. The van der Waals surface area contributed by atoms with Gasteiger partial charge in [-0.05, 0) is 29.8 Å². The summed E-state index contributed by atoms with van der Waals surface area (Å²) >= 11 is 5.87. The molecule has 0 bridgehead atoms. The average Bonchev–Trinajstić information content (AvgIpc) is 3.09. The molecule has 2 N–H and O–H groups in total. The van der Waals surface area contributed by atoms with Crippen molar-refractivity contribution in [3.05, 3.63) is 77.3 Å². The van der Waals surface area contributed by atoms with Gasteiger partial charge in [-0.15, -0.1) is 0 Å². The average molecular weight is 328 g/mol. The van der Waals surface area contributed by atoms with Crippen molar-refractivity contribution in [2.45, 2.75) is 6.54 Å². The van der Waals surface area contributed by atoms with Gasteiger partial charge in [0.25, 0.3) is 5.91 Å². The summed E-state index contributed by atoms with van der Waals surface area (Å²) in [4.78, 5) is 16.3. The molecule has 0 aliphatic carbocycles. The van der Waals surface area contributed by atoms with E-state index in [1.54, 1.807) is 12.5 Å². The van der Waals surface area contributed by atoms with E-state index in [1.165, 1.54) is 18.2 Å². The molecule has 1 amide bonds. The lowest BCUT2D eigenvalue weighted by molar-refractivity contribution is 0.0948. The minimum atomic E-state index is -0.384. The maximum absolute atomic E-state index is 12.2. The zero-order chi connectivity index (χ0) is 16.2. The number of para-hydroxylation sites is 1. The third-order valence-corrected chi connectivity index (χ3v) is 3.65. The lowest BCUT2D eigenvalue weighted by atomic mass is 10.1. The van der Waals surface area contributed by atoms with Gasteiger partial charge in [0.1, 0.15) is 5.75 Å².